The number of nitrogens with two attached hydrogens (primary N) is 1. The summed E-state index contributed by atoms with van der Waals surface area (Å²) in [6.07, 6.45) is 0. The van der Waals surface area contributed by atoms with E-state index < -0.39 is 9.84 Å². The van der Waals surface area contributed by atoms with Gasteiger partial charge in [0.2, 0.25) is 14.9 Å². The van der Waals surface area contributed by atoms with E-state index in [1.54, 1.807) is 13.8 Å². The Labute approximate surface area is 110 Å². The van der Waals surface area contributed by atoms with Crippen LogP contribution in [0, 0.1) is 13.8 Å². The minimum atomic E-state index is -3.47. The number of nitrogen functional groups attached to an aromatic ring is 1. The summed E-state index contributed by atoms with van der Waals surface area (Å²) >= 11 is 0. The summed E-state index contributed by atoms with van der Waals surface area (Å²) in [6, 6.07) is 0. The quantitative estimate of drug-likeness (QED) is 0.858. The molecule has 2 aromatic heterocycles. The lowest BCUT2D eigenvalue weighted by molar-refractivity contribution is 0.391. The molecule has 0 amide bonds. The third-order valence-corrected chi connectivity index (χ3v) is 4.54. The lowest BCUT2D eigenvalue weighted by Crippen LogP contribution is -2.10. The fourth-order valence-electron chi connectivity index (χ4n) is 1.66. The summed E-state index contributed by atoms with van der Waals surface area (Å²) in [5.41, 5.74) is 7.32. The fraction of sp³-hybridized carbons (Fsp3) is 0.500. The number of sulfone groups is 1. The minimum absolute atomic E-state index is 0.0295. The maximum atomic E-state index is 11.7. The van der Waals surface area contributed by atoms with Gasteiger partial charge in [0.15, 0.2) is 5.82 Å². The van der Waals surface area contributed by atoms with Crippen LogP contribution in [0.2, 0.25) is 0 Å². The molecule has 0 bridgehead atoms. The number of aryl methyl sites for hydroxylation is 2. The zero-order valence-electron chi connectivity index (χ0n) is 10.9. The Morgan fingerprint density at radius 2 is 2.05 bits per heavy atom. The van der Waals surface area contributed by atoms with Crippen LogP contribution in [-0.2, 0) is 16.4 Å². The van der Waals surface area contributed by atoms with Gasteiger partial charge in [-0.25, -0.2) is 13.1 Å². The normalized spacial score (nSPS) is 11.9. The SMILES string of the molecule is CCS(=O)(=O)c1nnn(Cc2c(C)noc2C)c1N. The van der Waals surface area contributed by atoms with Gasteiger partial charge >= 0.3 is 0 Å². The molecular formula is C10H15N5O3S. The lowest BCUT2D eigenvalue weighted by Gasteiger charge is -2.03. The van der Waals surface area contributed by atoms with Crippen molar-refractivity contribution in [2.75, 3.05) is 11.5 Å². The van der Waals surface area contributed by atoms with Crippen molar-refractivity contribution in [3.05, 3.63) is 17.0 Å². The van der Waals surface area contributed by atoms with E-state index >= 15 is 0 Å². The highest BCUT2D eigenvalue weighted by molar-refractivity contribution is 7.91. The Morgan fingerprint density at radius 1 is 1.37 bits per heavy atom. The average Bonchev–Trinajstić information content (AvgIpc) is 2.88. The molecule has 0 aromatic carbocycles. The topological polar surface area (TPSA) is 117 Å². The van der Waals surface area contributed by atoms with E-state index in [1.165, 1.54) is 11.6 Å². The first-order valence-corrected chi connectivity index (χ1v) is 7.35. The fourth-order valence-corrected chi connectivity index (χ4v) is 2.52. The Bertz CT molecular complexity index is 681. The Balaban J connectivity index is 2.39. The molecule has 0 saturated heterocycles. The van der Waals surface area contributed by atoms with Crippen LogP contribution in [0.4, 0.5) is 5.82 Å². The van der Waals surface area contributed by atoms with Crippen LogP contribution >= 0.6 is 0 Å². The number of nitrogens with zero attached hydrogens (tertiary/aromatic N) is 4. The van der Waals surface area contributed by atoms with Crippen LogP contribution in [0.3, 0.4) is 0 Å². The lowest BCUT2D eigenvalue weighted by atomic mass is 10.2. The molecule has 0 unspecified atom stereocenters. The first-order valence-electron chi connectivity index (χ1n) is 5.70. The minimum Gasteiger partial charge on any atom is -0.381 e. The molecular weight excluding hydrogens is 270 g/mol. The molecule has 9 heteroatoms. The summed E-state index contributed by atoms with van der Waals surface area (Å²) in [5.74, 6) is 0.607. The monoisotopic (exact) mass is 285 g/mol. The molecule has 0 aliphatic rings. The van der Waals surface area contributed by atoms with Crippen LogP contribution in [-0.4, -0.2) is 34.3 Å². The molecule has 0 saturated carbocycles. The molecule has 0 fully saturated rings. The summed E-state index contributed by atoms with van der Waals surface area (Å²) in [4.78, 5) is 0. The smallest absolute Gasteiger partial charge is 0.220 e. The maximum Gasteiger partial charge on any atom is 0.220 e. The number of aromatic nitrogens is 4. The average molecular weight is 285 g/mol. The standard InChI is InChI=1S/C10H15N5O3S/c1-4-19(16,17)10-9(11)15(14-12-10)5-8-6(2)13-18-7(8)3/h4-5,11H2,1-3H3. The van der Waals surface area contributed by atoms with Gasteiger partial charge in [-0.3, -0.25) is 0 Å². The van der Waals surface area contributed by atoms with Crippen molar-refractivity contribution < 1.29 is 12.9 Å². The molecule has 104 valence electrons. The molecule has 0 spiro atoms. The number of anilines is 1. The van der Waals surface area contributed by atoms with Gasteiger partial charge < -0.3 is 10.3 Å². The molecule has 19 heavy (non-hydrogen) atoms. The largest absolute Gasteiger partial charge is 0.381 e. The number of rotatable bonds is 4. The first-order chi connectivity index (χ1) is 8.86. The zero-order valence-corrected chi connectivity index (χ0v) is 11.7. The van der Waals surface area contributed by atoms with Crippen molar-refractivity contribution in [1.82, 2.24) is 20.2 Å². The van der Waals surface area contributed by atoms with E-state index in [0.29, 0.717) is 11.5 Å². The predicted molar refractivity (Wildman–Crippen MR) is 67.2 cm³/mol. The second-order valence-electron chi connectivity index (χ2n) is 4.14. The van der Waals surface area contributed by atoms with E-state index in [1.807, 2.05) is 0 Å². The van der Waals surface area contributed by atoms with Gasteiger partial charge in [0.1, 0.15) is 5.76 Å². The van der Waals surface area contributed by atoms with Crippen molar-refractivity contribution in [2.45, 2.75) is 32.3 Å². The molecule has 0 atom stereocenters. The van der Waals surface area contributed by atoms with Crippen LogP contribution < -0.4 is 5.73 Å². The predicted octanol–water partition coefficient (Wildman–Crippen LogP) is 0.307. The zero-order chi connectivity index (χ0) is 14.2. The maximum absolute atomic E-state index is 11.7. The van der Waals surface area contributed by atoms with Gasteiger partial charge in [-0.1, -0.05) is 17.3 Å². The van der Waals surface area contributed by atoms with Gasteiger partial charge in [-0.05, 0) is 13.8 Å². The van der Waals surface area contributed by atoms with Crippen molar-refractivity contribution in [3.63, 3.8) is 0 Å². The number of hydrogen-bond acceptors (Lipinski definition) is 7. The van der Waals surface area contributed by atoms with E-state index in [9.17, 15) is 8.42 Å². The molecule has 2 heterocycles. The van der Waals surface area contributed by atoms with Crippen molar-refractivity contribution in [3.8, 4) is 0 Å². The van der Waals surface area contributed by atoms with Gasteiger partial charge in [-0.15, -0.1) is 5.10 Å². The van der Waals surface area contributed by atoms with Crippen LogP contribution in [0.15, 0.2) is 9.55 Å². The van der Waals surface area contributed by atoms with E-state index in [0.717, 1.165) is 5.56 Å². The van der Waals surface area contributed by atoms with Crippen LogP contribution in [0.1, 0.15) is 23.9 Å². The van der Waals surface area contributed by atoms with E-state index in [4.69, 9.17) is 10.3 Å². The second kappa shape index (κ2) is 4.65. The van der Waals surface area contributed by atoms with E-state index in [2.05, 4.69) is 15.5 Å². The molecule has 8 nitrogen and oxygen atoms in total. The van der Waals surface area contributed by atoms with Gasteiger partial charge in [0, 0.05) is 5.56 Å². The van der Waals surface area contributed by atoms with Gasteiger partial charge in [0.25, 0.3) is 0 Å². The Kier molecular flexibility index (Phi) is 3.31. The summed E-state index contributed by atoms with van der Waals surface area (Å²) < 4.78 is 29.8. The second-order valence-corrected chi connectivity index (χ2v) is 6.34. The van der Waals surface area contributed by atoms with Gasteiger partial charge in [-0.2, -0.15) is 0 Å². The Morgan fingerprint density at radius 3 is 2.58 bits per heavy atom. The van der Waals surface area contributed by atoms with E-state index in [-0.39, 0.29) is 23.1 Å². The summed E-state index contributed by atoms with van der Waals surface area (Å²) in [5, 5.41) is 11.1. The summed E-state index contributed by atoms with van der Waals surface area (Å²) in [6.45, 7) is 5.37. The molecule has 2 N–H and O–H groups in total. The van der Waals surface area contributed by atoms with Gasteiger partial charge in [0.05, 0.1) is 18.0 Å². The third-order valence-electron chi connectivity index (χ3n) is 2.90. The molecule has 0 radical (unpaired) electrons. The van der Waals surface area contributed by atoms with Crippen LogP contribution in [0.5, 0.6) is 0 Å². The van der Waals surface area contributed by atoms with Crippen molar-refractivity contribution in [2.24, 2.45) is 0 Å². The van der Waals surface area contributed by atoms with Crippen molar-refractivity contribution >= 4 is 15.7 Å². The molecule has 2 aromatic rings. The third kappa shape index (κ3) is 2.33. The molecule has 0 aliphatic carbocycles. The molecule has 0 aliphatic heterocycles. The number of hydrogen-bond donors (Lipinski definition) is 1. The van der Waals surface area contributed by atoms with Crippen molar-refractivity contribution in [1.29, 1.82) is 0 Å². The van der Waals surface area contributed by atoms with Crippen LogP contribution in [0.25, 0.3) is 0 Å². The summed E-state index contributed by atoms with van der Waals surface area (Å²) in [7, 11) is -3.47. The highest BCUT2D eigenvalue weighted by Gasteiger charge is 2.23. The molecule has 2 rings (SSSR count). The highest BCUT2D eigenvalue weighted by Crippen LogP contribution is 2.19. The highest BCUT2D eigenvalue weighted by atomic mass is 32.2. The first kappa shape index (κ1) is 13.5. The Hall–Kier alpha value is -1.90.